The van der Waals surface area contributed by atoms with E-state index in [4.69, 9.17) is 9.98 Å². The van der Waals surface area contributed by atoms with Gasteiger partial charge in [0.05, 0.1) is 16.6 Å². The standard InChI is InChI=1S/C32H39BrN4O2S/c1-22-16-20-26(21-17-22)40(38,39)36-32(34-24-10-4-2-5-11-24)37(25-12-6-3-7-13-25)31-28-15-9-8-14-27(28)29(33)30(35-31)23-18-19-23/h8-9,14-17,20-21,23-25H,2-7,10-13,18-19H2,1H3,(H,34,36). The number of nitrogens with zero attached hydrogens (tertiary/aromatic N) is 3. The van der Waals surface area contributed by atoms with Crippen molar-refractivity contribution in [1.29, 1.82) is 0 Å². The zero-order valence-corrected chi connectivity index (χ0v) is 25.7. The molecule has 0 aliphatic heterocycles. The monoisotopic (exact) mass is 622 g/mol. The molecule has 6 rings (SSSR count). The molecule has 0 spiro atoms. The van der Waals surface area contributed by atoms with E-state index in [1.165, 1.54) is 12.8 Å². The van der Waals surface area contributed by atoms with Crippen molar-refractivity contribution in [1.82, 2.24) is 9.71 Å². The normalized spacial score (nSPS) is 19.6. The van der Waals surface area contributed by atoms with Gasteiger partial charge in [-0.25, -0.2) is 23.1 Å². The largest absolute Gasteiger partial charge is 0.293 e. The van der Waals surface area contributed by atoms with Crippen LogP contribution in [0.5, 0.6) is 0 Å². The fourth-order valence-corrected chi connectivity index (χ4v) is 8.01. The maximum atomic E-state index is 13.9. The van der Waals surface area contributed by atoms with Crippen LogP contribution in [0.25, 0.3) is 10.8 Å². The van der Waals surface area contributed by atoms with Crippen LogP contribution in [0.4, 0.5) is 5.82 Å². The number of aryl methyl sites for hydroxylation is 1. The molecule has 3 fully saturated rings. The van der Waals surface area contributed by atoms with Gasteiger partial charge in [0.2, 0.25) is 5.96 Å². The number of halogens is 1. The average molecular weight is 624 g/mol. The zero-order chi connectivity index (χ0) is 27.7. The first-order chi connectivity index (χ1) is 19.4. The van der Waals surface area contributed by atoms with E-state index < -0.39 is 10.0 Å². The summed E-state index contributed by atoms with van der Waals surface area (Å²) in [5, 5.41) is 2.14. The van der Waals surface area contributed by atoms with Gasteiger partial charge in [-0.3, -0.25) is 4.90 Å². The number of sulfonamides is 1. The van der Waals surface area contributed by atoms with Crippen LogP contribution in [-0.4, -0.2) is 31.4 Å². The van der Waals surface area contributed by atoms with Gasteiger partial charge in [-0.1, -0.05) is 80.5 Å². The third-order valence-electron chi connectivity index (χ3n) is 8.65. The van der Waals surface area contributed by atoms with Crippen molar-refractivity contribution in [3.63, 3.8) is 0 Å². The first kappa shape index (κ1) is 27.7. The summed E-state index contributed by atoms with van der Waals surface area (Å²) in [7, 11) is -3.85. The number of aliphatic imine (C=N–C) groups is 1. The molecule has 3 saturated carbocycles. The van der Waals surface area contributed by atoms with Crippen LogP contribution in [0, 0.1) is 6.92 Å². The Morgan fingerprint density at radius 2 is 1.50 bits per heavy atom. The molecule has 0 bridgehead atoms. The molecular formula is C32H39BrN4O2S. The highest BCUT2D eigenvalue weighted by Gasteiger charge is 2.35. The minimum atomic E-state index is -3.85. The number of fused-ring (bicyclic) bond motifs is 1. The van der Waals surface area contributed by atoms with Crippen molar-refractivity contribution in [3.8, 4) is 0 Å². The lowest BCUT2D eigenvalue weighted by Gasteiger charge is -2.37. The predicted molar refractivity (Wildman–Crippen MR) is 167 cm³/mol. The molecule has 0 atom stereocenters. The lowest BCUT2D eigenvalue weighted by Crippen LogP contribution is -2.51. The number of aromatic nitrogens is 1. The summed E-state index contributed by atoms with van der Waals surface area (Å²) < 4.78 is 31.8. The minimum Gasteiger partial charge on any atom is -0.293 e. The molecule has 0 unspecified atom stereocenters. The SMILES string of the molecule is Cc1ccc(S(=O)(=O)NC(=NC2CCCCC2)N(c2nc(C3CC3)c(Br)c3ccccc23)C2CCCCC2)cc1. The van der Waals surface area contributed by atoms with E-state index in [1.807, 2.05) is 25.1 Å². The first-order valence-corrected chi connectivity index (χ1v) is 17.2. The number of benzene rings is 2. The molecule has 8 heteroatoms. The number of rotatable bonds is 6. The maximum absolute atomic E-state index is 13.9. The summed E-state index contributed by atoms with van der Waals surface area (Å²) in [6, 6.07) is 15.6. The Morgan fingerprint density at radius 3 is 2.15 bits per heavy atom. The van der Waals surface area contributed by atoms with Gasteiger partial charge in [-0.15, -0.1) is 0 Å². The lowest BCUT2D eigenvalue weighted by molar-refractivity contribution is 0.428. The molecule has 0 radical (unpaired) electrons. The fourth-order valence-electron chi connectivity index (χ4n) is 6.24. The topological polar surface area (TPSA) is 74.7 Å². The number of hydrogen-bond acceptors (Lipinski definition) is 4. The van der Waals surface area contributed by atoms with E-state index in [-0.39, 0.29) is 17.0 Å². The molecule has 0 amide bonds. The number of hydrogen-bond donors (Lipinski definition) is 1. The second-order valence-corrected chi connectivity index (χ2v) is 14.3. The van der Waals surface area contributed by atoms with Gasteiger partial charge < -0.3 is 0 Å². The Bertz CT molecular complexity index is 1490. The van der Waals surface area contributed by atoms with Crippen molar-refractivity contribution in [2.45, 2.75) is 107 Å². The smallest absolute Gasteiger partial charge is 0.264 e. The third kappa shape index (κ3) is 5.94. The summed E-state index contributed by atoms with van der Waals surface area (Å²) >= 11 is 3.88. The number of guanidine groups is 1. The van der Waals surface area contributed by atoms with Crippen LogP contribution in [-0.2, 0) is 10.0 Å². The summed E-state index contributed by atoms with van der Waals surface area (Å²) in [5.74, 6) is 1.70. The van der Waals surface area contributed by atoms with Gasteiger partial charge >= 0.3 is 0 Å². The van der Waals surface area contributed by atoms with Crippen LogP contribution in [0.15, 0.2) is 62.9 Å². The van der Waals surface area contributed by atoms with Crippen molar-refractivity contribution in [2.24, 2.45) is 4.99 Å². The van der Waals surface area contributed by atoms with Gasteiger partial charge in [-0.2, -0.15) is 0 Å². The minimum absolute atomic E-state index is 0.0974. The molecule has 3 aromatic rings. The van der Waals surface area contributed by atoms with E-state index in [9.17, 15) is 8.42 Å². The fraction of sp³-hybridized carbons (Fsp3) is 0.500. The summed E-state index contributed by atoms with van der Waals surface area (Å²) in [6.07, 6.45) is 13.1. The highest BCUT2D eigenvalue weighted by molar-refractivity contribution is 9.10. The zero-order valence-electron chi connectivity index (χ0n) is 23.3. The Kier molecular flexibility index (Phi) is 8.18. The van der Waals surface area contributed by atoms with Crippen LogP contribution >= 0.6 is 15.9 Å². The third-order valence-corrected chi connectivity index (χ3v) is 10.8. The van der Waals surface area contributed by atoms with Crippen molar-refractivity contribution >= 4 is 48.5 Å². The van der Waals surface area contributed by atoms with E-state index in [1.54, 1.807) is 12.1 Å². The lowest BCUT2D eigenvalue weighted by atomic mass is 9.93. The molecule has 40 heavy (non-hydrogen) atoms. The Labute approximate surface area is 246 Å². The van der Waals surface area contributed by atoms with Crippen molar-refractivity contribution in [2.75, 3.05) is 4.90 Å². The predicted octanol–water partition coefficient (Wildman–Crippen LogP) is 7.99. The van der Waals surface area contributed by atoms with Crippen molar-refractivity contribution < 1.29 is 8.42 Å². The number of nitrogens with one attached hydrogen (secondary N) is 1. The highest BCUT2D eigenvalue weighted by Crippen LogP contribution is 2.46. The molecule has 212 valence electrons. The summed E-state index contributed by atoms with van der Waals surface area (Å²) in [5.41, 5.74) is 2.10. The van der Waals surface area contributed by atoms with Gasteiger partial charge in [-0.05, 0) is 73.5 Å². The van der Waals surface area contributed by atoms with Gasteiger partial charge in [0.15, 0.2) is 0 Å². The summed E-state index contributed by atoms with van der Waals surface area (Å²) in [6.45, 7) is 1.96. The highest BCUT2D eigenvalue weighted by atomic mass is 79.9. The molecule has 1 aromatic heterocycles. The van der Waals surface area contributed by atoms with Crippen LogP contribution in [0.3, 0.4) is 0 Å². The second kappa shape index (κ2) is 11.8. The van der Waals surface area contributed by atoms with Gasteiger partial charge in [0, 0.05) is 27.2 Å². The molecule has 2 aromatic carbocycles. The van der Waals surface area contributed by atoms with Crippen LogP contribution < -0.4 is 9.62 Å². The van der Waals surface area contributed by atoms with Gasteiger partial charge in [0.1, 0.15) is 5.82 Å². The van der Waals surface area contributed by atoms with Crippen LogP contribution in [0.2, 0.25) is 0 Å². The number of anilines is 1. The maximum Gasteiger partial charge on any atom is 0.264 e. The Balaban J connectivity index is 1.52. The molecule has 6 nitrogen and oxygen atoms in total. The van der Waals surface area contributed by atoms with E-state index in [2.05, 4.69) is 43.8 Å². The first-order valence-electron chi connectivity index (χ1n) is 15.0. The Morgan fingerprint density at radius 1 is 0.875 bits per heavy atom. The number of pyridine rings is 1. The van der Waals surface area contributed by atoms with Crippen LogP contribution in [0.1, 0.15) is 94.2 Å². The second-order valence-electron chi connectivity index (χ2n) is 11.8. The molecule has 0 saturated heterocycles. The van der Waals surface area contributed by atoms with Gasteiger partial charge in [0.25, 0.3) is 10.0 Å². The molecule has 3 aliphatic rings. The molecule has 3 aliphatic carbocycles. The quantitative estimate of drug-likeness (QED) is 0.223. The molecular weight excluding hydrogens is 584 g/mol. The van der Waals surface area contributed by atoms with Crippen molar-refractivity contribution in [3.05, 3.63) is 64.3 Å². The van der Waals surface area contributed by atoms with E-state index in [0.29, 0.717) is 11.9 Å². The molecule has 1 heterocycles. The summed E-state index contributed by atoms with van der Waals surface area (Å²) in [4.78, 5) is 13.0. The van der Waals surface area contributed by atoms with E-state index in [0.717, 1.165) is 96.5 Å². The molecule has 1 N–H and O–H groups in total. The van der Waals surface area contributed by atoms with E-state index >= 15 is 0 Å². The average Bonchev–Trinajstić information content (AvgIpc) is 3.81. The Hall–Kier alpha value is -2.45.